The van der Waals surface area contributed by atoms with Crippen molar-refractivity contribution < 1.29 is 9.53 Å². The van der Waals surface area contributed by atoms with Gasteiger partial charge in [0.1, 0.15) is 6.61 Å². The Bertz CT molecular complexity index is 339. The number of allylic oxidation sites excluding steroid dienone is 1. The normalized spacial score (nSPS) is 14.8. The van der Waals surface area contributed by atoms with Crippen LogP contribution in [0.15, 0.2) is 36.6 Å². The van der Waals surface area contributed by atoms with E-state index in [1.54, 1.807) is 0 Å². The number of ether oxygens (including phenoxy) is 1. The lowest BCUT2D eigenvalue weighted by Crippen LogP contribution is -1.97. The van der Waals surface area contributed by atoms with Gasteiger partial charge in [0.15, 0.2) is 5.78 Å². The zero-order valence-corrected chi connectivity index (χ0v) is 6.49. The van der Waals surface area contributed by atoms with Crippen LogP contribution in [0.4, 0.5) is 0 Å². The SMILES string of the molecule is O=C1C=COCc2ccccc21. The molecule has 2 heteroatoms. The van der Waals surface area contributed by atoms with E-state index in [1.807, 2.05) is 24.3 Å². The number of hydrogen-bond acceptors (Lipinski definition) is 2. The predicted molar refractivity (Wildman–Crippen MR) is 44.7 cm³/mol. The molecule has 0 saturated carbocycles. The molecule has 0 amide bonds. The van der Waals surface area contributed by atoms with E-state index in [4.69, 9.17) is 4.74 Å². The molecule has 0 bridgehead atoms. The number of rotatable bonds is 0. The fourth-order valence-corrected chi connectivity index (χ4v) is 1.22. The highest BCUT2D eigenvalue weighted by Crippen LogP contribution is 2.14. The van der Waals surface area contributed by atoms with Crippen molar-refractivity contribution in [1.82, 2.24) is 0 Å². The van der Waals surface area contributed by atoms with E-state index < -0.39 is 0 Å². The molecule has 0 saturated heterocycles. The third-order valence-electron chi connectivity index (χ3n) is 1.84. The van der Waals surface area contributed by atoms with Crippen molar-refractivity contribution in [3.8, 4) is 0 Å². The largest absolute Gasteiger partial charge is 0.496 e. The standard InChI is InChI=1S/C10H8O2/c11-10-5-6-12-7-8-3-1-2-4-9(8)10/h1-6H,7H2. The molecule has 12 heavy (non-hydrogen) atoms. The van der Waals surface area contributed by atoms with Crippen molar-refractivity contribution in [2.75, 3.05) is 0 Å². The number of hydrogen-bond donors (Lipinski definition) is 0. The monoisotopic (exact) mass is 160 g/mol. The van der Waals surface area contributed by atoms with Crippen LogP contribution in [0.3, 0.4) is 0 Å². The Kier molecular flexibility index (Phi) is 1.67. The van der Waals surface area contributed by atoms with E-state index in [1.165, 1.54) is 12.3 Å². The van der Waals surface area contributed by atoms with E-state index >= 15 is 0 Å². The van der Waals surface area contributed by atoms with Gasteiger partial charge in [-0.2, -0.15) is 0 Å². The van der Waals surface area contributed by atoms with Crippen LogP contribution in [0.5, 0.6) is 0 Å². The summed E-state index contributed by atoms with van der Waals surface area (Å²) >= 11 is 0. The Morgan fingerprint density at radius 1 is 1.25 bits per heavy atom. The molecule has 1 aromatic carbocycles. The van der Waals surface area contributed by atoms with Gasteiger partial charge >= 0.3 is 0 Å². The first kappa shape index (κ1) is 7.10. The number of carbonyl (C=O) groups excluding carboxylic acids is 1. The molecule has 1 aromatic rings. The molecule has 0 unspecified atom stereocenters. The molecule has 2 rings (SSSR count). The molecule has 0 fully saturated rings. The summed E-state index contributed by atoms with van der Waals surface area (Å²) in [5, 5.41) is 0. The zero-order chi connectivity index (χ0) is 8.39. The fourth-order valence-electron chi connectivity index (χ4n) is 1.22. The minimum absolute atomic E-state index is 0.0168. The molecule has 60 valence electrons. The Morgan fingerprint density at radius 2 is 2.08 bits per heavy atom. The average Bonchev–Trinajstić information content (AvgIpc) is 2.29. The van der Waals surface area contributed by atoms with Crippen molar-refractivity contribution in [3.63, 3.8) is 0 Å². The number of benzene rings is 1. The maximum atomic E-state index is 11.3. The van der Waals surface area contributed by atoms with Gasteiger partial charge in [0, 0.05) is 17.2 Å². The van der Waals surface area contributed by atoms with Crippen LogP contribution >= 0.6 is 0 Å². The minimum Gasteiger partial charge on any atom is -0.496 e. The smallest absolute Gasteiger partial charge is 0.189 e. The topological polar surface area (TPSA) is 26.3 Å². The van der Waals surface area contributed by atoms with Gasteiger partial charge in [0.25, 0.3) is 0 Å². The van der Waals surface area contributed by atoms with Crippen molar-refractivity contribution in [3.05, 3.63) is 47.7 Å². The average molecular weight is 160 g/mol. The van der Waals surface area contributed by atoms with E-state index in [-0.39, 0.29) is 5.78 Å². The second kappa shape index (κ2) is 2.81. The van der Waals surface area contributed by atoms with Crippen LogP contribution in [0.2, 0.25) is 0 Å². The van der Waals surface area contributed by atoms with Gasteiger partial charge in [-0.1, -0.05) is 24.3 Å². The highest BCUT2D eigenvalue weighted by molar-refractivity contribution is 6.05. The second-order valence-electron chi connectivity index (χ2n) is 2.64. The van der Waals surface area contributed by atoms with Gasteiger partial charge in [-0.25, -0.2) is 0 Å². The third kappa shape index (κ3) is 1.11. The van der Waals surface area contributed by atoms with Crippen LogP contribution in [0.1, 0.15) is 15.9 Å². The molecule has 0 aliphatic carbocycles. The molecule has 1 heterocycles. The summed E-state index contributed by atoms with van der Waals surface area (Å²) in [7, 11) is 0. The van der Waals surface area contributed by atoms with Gasteiger partial charge in [0.05, 0.1) is 6.26 Å². The van der Waals surface area contributed by atoms with Gasteiger partial charge in [-0.05, 0) is 0 Å². The molecule has 1 aliphatic rings. The van der Waals surface area contributed by atoms with E-state index in [0.717, 1.165) is 11.1 Å². The summed E-state index contributed by atoms with van der Waals surface area (Å²) < 4.78 is 5.09. The van der Waals surface area contributed by atoms with Gasteiger partial charge in [0.2, 0.25) is 0 Å². The van der Waals surface area contributed by atoms with Crippen LogP contribution < -0.4 is 0 Å². The van der Waals surface area contributed by atoms with Crippen LogP contribution in [-0.2, 0) is 11.3 Å². The number of carbonyl (C=O) groups is 1. The van der Waals surface area contributed by atoms with Gasteiger partial charge < -0.3 is 4.74 Å². The quantitative estimate of drug-likeness (QED) is 0.579. The van der Waals surface area contributed by atoms with Crippen molar-refractivity contribution >= 4 is 5.78 Å². The Labute approximate surface area is 70.5 Å². The lowest BCUT2D eigenvalue weighted by Gasteiger charge is -2.01. The molecule has 0 radical (unpaired) electrons. The molecule has 0 atom stereocenters. The van der Waals surface area contributed by atoms with Crippen molar-refractivity contribution in [2.24, 2.45) is 0 Å². The first-order valence-corrected chi connectivity index (χ1v) is 3.78. The summed E-state index contributed by atoms with van der Waals surface area (Å²) in [6.07, 6.45) is 2.90. The highest BCUT2D eigenvalue weighted by atomic mass is 16.5. The lowest BCUT2D eigenvalue weighted by atomic mass is 10.1. The molecule has 0 spiro atoms. The summed E-state index contributed by atoms with van der Waals surface area (Å²) in [4.78, 5) is 11.3. The second-order valence-corrected chi connectivity index (χ2v) is 2.64. The van der Waals surface area contributed by atoms with E-state index in [9.17, 15) is 4.79 Å². The minimum atomic E-state index is 0.0168. The molecule has 0 N–H and O–H groups in total. The van der Waals surface area contributed by atoms with E-state index in [2.05, 4.69) is 0 Å². The first-order valence-electron chi connectivity index (χ1n) is 3.78. The summed E-state index contributed by atoms with van der Waals surface area (Å²) in [6.45, 7) is 0.485. The third-order valence-corrected chi connectivity index (χ3v) is 1.84. The van der Waals surface area contributed by atoms with Crippen LogP contribution in [0, 0.1) is 0 Å². The van der Waals surface area contributed by atoms with Gasteiger partial charge in [-0.15, -0.1) is 0 Å². The molecule has 0 aromatic heterocycles. The zero-order valence-electron chi connectivity index (χ0n) is 6.49. The first-order chi connectivity index (χ1) is 5.88. The molecular formula is C10H8O2. The van der Waals surface area contributed by atoms with Crippen LogP contribution in [0.25, 0.3) is 0 Å². The lowest BCUT2D eigenvalue weighted by molar-refractivity contribution is 0.104. The van der Waals surface area contributed by atoms with E-state index in [0.29, 0.717) is 6.61 Å². The molecule has 2 nitrogen and oxygen atoms in total. The van der Waals surface area contributed by atoms with Crippen molar-refractivity contribution in [2.45, 2.75) is 6.61 Å². The Balaban J connectivity index is 2.53. The number of fused-ring (bicyclic) bond motifs is 1. The van der Waals surface area contributed by atoms with Crippen molar-refractivity contribution in [1.29, 1.82) is 0 Å². The summed E-state index contributed by atoms with van der Waals surface area (Å²) in [6, 6.07) is 7.48. The fraction of sp³-hybridized carbons (Fsp3) is 0.100. The van der Waals surface area contributed by atoms with Gasteiger partial charge in [-0.3, -0.25) is 4.79 Å². The number of ketones is 1. The molecule has 1 aliphatic heterocycles. The Morgan fingerprint density at radius 3 is 3.00 bits per heavy atom. The van der Waals surface area contributed by atoms with Crippen LogP contribution in [-0.4, -0.2) is 5.78 Å². The molecular weight excluding hydrogens is 152 g/mol. The Hall–Kier alpha value is -1.57. The predicted octanol–water partition coefficient (Wildman–Crippen LogP) is 1.91. The maximum Gasteiger partial charge on any atom is 0.189 e. The summed E-state index contributed by atoms with van der Waals surface area (Å²) in [5.74, 6) is 0.0168. The highest BCUT2D eigenvalue weighted by Gasteiger charge is 2.10. The summed E-state index contributed by atoms with van der Waals surface area (Å²) in [5.41, 5.74) is 1.69. The maximum absolute atomic E-state index is 11.3.